The van der Waals surface area contributed by atoms with Crippen LogP contribution in [0, 0.1) is 6.92 Å². The first-order valence-corrected chi connectivity index (χ1v) is 8.51. The van der Waals surface area contributed by atoms with E-state index in [1.165, 1.54) is 23.7 Å². The van der Waals surface area contributed by atoms with Crippen molar-refractivity contribution in [2.45, 2.75) is 16.7 Å². The van der Waals surface area contributed by atoms with Crippen molar-refractivity contribution in [2.75, 3.05) is 5.73 Å². The van der Waals surface area contributed by atoms with Crippen LogP contribution in [0.4, 0.5) is 5.69 Å². The van der Waals surface area contributed by atoms with E-state index in [1.807, 2.05) is 6.92 Å². The lowest BCUT2D eigenvalue weighted by molar-refractivity contribution is 0.594. The molecule has 0 atom stereocenters. The largest absolute Gasteiger partial charge is 0.397 e. The Labute approximate surface area is 133 Å². The summed E-state index contributed by atoms with van der Waals surface area (Å²) in [6.45, 7) is 1.86. The Hall–Kier alpha value is -2.60. The van der Waals surface area contributed by atoms with Crippen molar-refractivity contribution in [1.82, 2.24) is 4.57 Å². The second kappa shape index (κ2) is 5.24. The predicted molar refractivity (Wildman–Crippen MR) is 90.2 cm³/mol. The van der Waals surface area contributed by atoms with Crippen molar-refractivity contribution in [2.24, 2.45) is 7.05 Å². The first-order valence-electron chi connectivity index (χ1n) is 7.03. The lowest BCUT2D eigenvalue weighted by Gasteiger charge is -2.13. The number of nitrogen functional groups attached to an aromatic ring is 1. The fraction of sp³-hybridized carbons (Fsp3) is 0.118. The zero-order valence-corrected chi connectivity index (χ0v) is 13.6. The molecule has 1 aromatic heterocycles. The van der Waals surface area contributed by atoms with Gasteiger partial charge in [0.15, 0.2) is 4.90 Å². The van der Waals surface area contributed by atoms with Gasteiger partial charge in [-0.25, -0.2) is 8.42 Å². The molecule has 23 heavy (non-hydrogen) atoms. The highest BCUT2D eigenvalue weighted by molar-refractivity contribution is 7.91. The molecule has 0 spiro atoms. The van der Waals surface area contributed by atoms with Crippen LogP contribution in [0.1, 0.15) is 5.56 Å². The summed E-state index contributed by atoms with van der Waals surface area (Å²) in [5, 5.41) is 0.542. The maximum absolute atomic E-state index is 12.9. The molecule has 0 unspecified atom stereocenters. The van der Waals surface area contributed by atoms with Crippen LogP contribution in [0.15, 0.2) is 63.1 Å². The summed E-state index contributed by atoms with van der Waals surface area (Å²) in [7, 11) is -2.45. The van der Waals surface area contributed by atoms with Gasteiger partial charge in [-0.1, -0.05) is 35.9 Å². The van der Waals surface area contributed by atoms with E-state index in [9.17, 15) is 13.2 Å². The van der Waals surface area contributed by atoms with Crippen LogP contribution in [0.25, 0.3) is 10.9 Å². The lowest BCUT2D eigenvalue weighted by atomic mass is 10.2. The highest BCUT2D eigenvalue weighted by atomic mass is 32.2. The lowest BCUT2D eigenvalue weighted by Crippen LogP contribution is -2.26. The Balaban J connectivity index is 2.40. The number of hydrogen-bond donors (Lipinski definition) is 1. The normalized spacial score (nSPS) is 11.7. The van der Waals surface area contributed by atoms with Gasteiger partial charge in [0, 0.05) is 12.4 Å². The summed E-state index contributed by atoms with van der Waals surface area (Å²) in [5.41, 5.74) is 6.95. The number of sulfone groups is 1. The Morgan fingerprint density at radius 1 is 1.00 bits per heavy atom. The Kier molecular flexibility index (Phi) is 3.49. The van der Waals surface area contributed by atoms with Crippen molar-refractivity contribution in [3.63, 3.8) is 0 Å². The number of hydrogen-bond acceptors (Lipinski definition) is 4. The molecule has 0 aliphatic heterocycles. The van der Waals surface area contributed by atoms with Gasteiger partial charge in [0.2, 0.25) is 9.84 Å². The van der Waals surface area contributed by atoms with Crippen LogP contribution in [-0.4, -0.2) is 13.0 Å². The molecule has 0 aliphatic carbocycles. The first-order chi connectivity index (χ1) is 10.8. The third kappa shape index (κ3) is 2.31. The molecule has 0 radical (unpaired) electrons. The summed E-state index contributed by atoms with van der Waals surface area (Å²) in [6, 6.07) is 13.3. The van der Waals surface area contributed by atoms with Crippen molar-refractivity contribution in [3.8, 4) is 0 Å². The summed E-state index contributed by atoms with van der Waals surface area (Å²) in [6.07, 6.45) is 0. The molecule has 2 aromatic carbocycles. The molecule has 118 valence electrons. The third-order valence-corrected chi connectivity index (χ3v) is 5.72. The van der Waals surface area contributed by atoms with Crippen LogP contribution in [0.3, 0.4) is 0 Å². The van der Waals surface area contributed by atoms with Crippen LogP contribution >= 0.6 is 0 Å². The summed E-state index contributed by atoms with van der Waals surface area (Å²) in [4.78, 5) is 12.3. The average Bonchev–Trinajstić information content (AvgIpc) is 2.53. The monoisotopic (exact) mass is 328 g/mol. The number of nitrogens with two attached hydrogens (primary N) is 1. The molecule has 2 N–H and O–H groups in total. The maximum atomic E-state index is 12.9. The molecule has 0 saturated carbocycles. The summed E-state index contributed by atoms with van der Waals surface area (Å²) >= 11 is 0. The fourth-order valence-corrected chi connectivity index (χ4v) is 4.08. The van der Waals surface area contributed by atoms with E-state index < -0.39 is 15.4 Å². The van der Waals surface area contributed by atoms with Crippen LogP contribution < -0.4 is 11.3 Å². The number of pyridine rings is 1. The number of benzene rings is 2. The molecule has 5 nitrogen and oxygen atoms in total. The van der Waals surface area contributed by atoms with Gasteiger partial charge in [0.05, 0.1) is 16.1 Å². The van der Waals surface area contributed by atoms with E-state index in [2.05, 4.69) is 0 Å². The number of nitrogens with zero attached hydrogens (tertiary/aromatic N) is 1. The topological polar surface area (TPSA) is 82.2 Å². The van der Waals surface area contributed by atoms with E-state index in [0.29, 0.717) is 10.9 Å². The molecule has 1 heterocycles. The molecular formula is C17H16N2O3S. The van der Waals surface area contributed by atoms with Gasteiger partial charge in [-0.2, -0.15) is 0 Å². The standard InChI is InChI=1S/C17H16N2O3S/c1-11-7-9-12(10-8-11)23(21,22)16-15(18)13-5-3-4-6-14(13)19(2)17(16)20/h3-10H,18H2,1-2H3. The van der Waals surface area contributed by atoms with Gasteiger partial charge >= 0.3 is 0 Å². The zero-order chi connectivity index (χ0) is 16.8. The molecule has 0 bridgehead atoms. The third-order valence-electron chi connectivity index (χ3n) is 3.90. The van der Waals surface area contributed by atoms with Gasteiger partial charge in [0.1, 0.15) is 0 Å². The van der Waals surface area contributed by atoms with Gasteiger partial charge in [-0.05, 0) is 25.1 Å². The van der Waals surface area contributed by atoms with E-state index in [4.69, 9.17) is 5.73 Å². The minimum atomic E-state index is -3.99. The highest BCUT2D eigenvalue weighted by Gasteiger charge is 2.27. The van der Waals surface area contributed by atoms with Crippen molar-refractivity contribution in [1.29, 1.82) is 0 Å². The number of aryl methyl sites for hydroxylation is 2. The molecule has 0 amide bonds. The molecule has 0 saturated heterocycles. The Morgan fingerprint density at radius 3 is 2.26 bits per heavy atom. The second-order valence-electron chi connectivity index (χ2n) is 5.44. The first kappa shape index (κ1) is 15.3. The van der Waals surface area contributed by atoms with Gasteiger partial charge in [-0.15, -0.1) is 0 Å². The number of para-hydroxylation sites is 1. The number of aromatic nitrogens is 1. The van der Waals surface area contributed by atoms with Gasteiger partial charge in [-0.3, -0.25) is 4.79 Å². The quantitative estimate of drug-likeness (QED) is 0.782. The molecule has 0 aliphatic rings. The molecule has 6 heteroatoms. The van der Waals surface area contributed by atoms with E-state index >= 15 is 0 Å². The minimum absolute atomic E-state index is 0.00993. The summed E-state index contributed by atoms with van der Waals surface area (Å²) < 4.78 is 27.1. The van der Waals surface area contributed by atoms with Gasteiger partial charge in [0.25, 0.3) is 5.56 Å². The summed E-state index contributed by atoms with van der Waals surface area (Å²) in [5.74, 6) is 0. The SMILES string of the molecule is Cc1ccc(S(=O)(=O)c2c(N)c3ccccc3n(C)c2=O)cc1. The number of rotatable bonds is 2. The molecular weight excluding hydrogens is 312 g/mol. The average molecular weight is 328 g/mol. The predicted octanol–water partition coefficient (Wildman–Crippen LogP) is 2.26. The molecule has 3 aromatic rings. The smallest absolute Gasteiger partial charge is 0.272 e. The van der Waals surface area contributed by atoms with Crippen molar-refractivity contribution in [3.05, 3.63) is 64.4 Å². The van der Waals surface area contributed by atoms with Crippen LogP contribution in [-0.2, 0) is 16.9 Å². The molecule has 0 fully saturated rings. The Bertz CT molecular complexity index is 1070. The van der Waals surface area contributed by atoms with E-state index in [1.54, 1.807) is 36.4 Å². The zero-order valence-electron chi connectivity index (χ0n) is 12.8. The number of fused-ring (bicyclic) bond motifs is 1. The van der Waals surface area contributed by atoms with Crippen molar-refractivity contribution < 1.29 is 8.42 Å². The van der Waals surface area contributed by atoms with Crippen LogP contribution in [0.5, 0.6) is 0 Å². The number of anilines is 1. The fourth-order valence-electron chi connectivity index (χ4n) is 2.59. The maximum Gasteiger partial charge on any atom is 0.272 e. The van der Waals surface area contributed by atoms with Crippen molar-refractivity contribution >= 4 is 26.4 Å². The van der Waals surface area contributed by atoms with E-state index in [0.717, 1.165) is 5.56 Å². The van der Waals surface area contributed by atoms with Crippen LogP contribution in [0.2, 0.25) is 0 Å². The highest BCUT2D eigenvalue weighted by Crippen LogP contribution is 2.28. The van der Waals surface area contributed by atoms with E-state index in [-0.39, 0.29) is 15.5 Å². The Morgan fingerprint density at radius 2 is 1.61 bits per heavy atom. The second-order valence-corrected chi connectivity index (χ2v) is 7.33. The van der Waals surface area contributed by atoms with Gasteiger partial charge < -0.3 is 10.3 Å². The molecule has 3 rings (SSSR count). The minimum Gasteiger partial charge on any atom is -0.397 e.